The molecule has 0 saturated heterocycles. The van der Waals surface area contributed by atoms with Crippen LogP contribution in [0.5, 0.6) is 0 Å². The molecule has 2 aromatic heterocycles. The van der Waals surface area contributed by atoms with Crippen LogP contribution in [0.4, 0.5) is 0 Å². The zero-order valence-corrected chi connectivity index (χ0v) is 9.47. The lowest BCUT2D eigenvalue weighted by atomic mass is 10.2. The molecule has 0 atom stereocenters. The highest BCUT2D eigenvalue weighted by Gasteiger charge is 2.07. The number of hydrogen-bond acceptors (Lipinski definition) is 2. The van der Waals surface area contributed by atoms with Crippen LogP contribution < -0.4 is 0 Å². The SMILES string of the molecule is CC(=O)Cc1ccc(-c2cccnc2)n1C. The Morgan fingerprint density at radius 2 is 2.19 bits per heavy atom. The first-order valence-corrected chi connectivity index (χ1v) is 5.23. The highest BCUT2D eigenvalue weighted by Crippen LogP contribution is 2.20. The number of ketones is 1. The average Bonchev–Trinajstić information content (AvgIpc) is 2.61. The first kappa shape index (κ1) is 10.6. The molecule has 3 nitrogen and oxygen atoms in total. The molecule has 2 aromatic rings. The van der Waals surface area contributed by atoms with Gasteiger partial charge in [0.2, 0.25) is 0 Å². The van der Waals surface area contributed by atoms with Gasteiger partial charge in [-0.05, 0) is 31.2 Å². The Balaban J connectivity index is 2.37. The van der Waals surface area contributed by atoms with E-state index in [2.05, 4.69) is 4.98 Å². The van der Waals surface area contributed by atoms with Crippen LogP contribution in [0.2, 0.25) is 0 Å². The van der Waals surface area contributed by atoms with Crippen LogP contribution in [-0.4, -0.2) is 15.3 Å². The molecule has 0 aliphatic rings. The van der Waals surface area contributed by atoms with E-state index in [9.17, 15) is 4.79 Å². The summed E-state index contributed by atoms with van der Waals surface area (Å²) in [6, 6.07) is 7.94. The van der Waals surface area contributed by atoms with Gasteiger partial charge in [0.1, 0.15) is 5.78 Å². The largest absolute Gasteiger partial charge is 0.347 e. The van der Waals surface area contributed by atoms with E-state index in [0.717, 1.165) is 17.0 Å². The van der Waals surface area contributed by atoms with Gasteiger partial charge in [-0.25, -0.2) is 0 Å². The highest BCUT2D eigenvalue weighted by molar-refractivity contribution is 5.78. The molecule has 0 saturated carbocycles. The second-order valence-electron chi connectivity index (χ2n) is 3.89. The second-order valence-corrected chi connectivity index (χ2v) is 3.89. The average molecular weight is 214 g/mol. The molecule has 3 heteroatoms. The van der Waals surface area contributed by atoms with Gasteiger partial charge in [-0.2, -0.15) is 0 Å². The molecule has 16 heavy (non-hydrogen) atoms. The van der Waals surface area contributed by atoms with E-state index in [4.69, 9.17) is 0 Å². The van der Waals surface area contributed by atoms with Crippen LogP contribution in [-0.2, 0) is 18.3 Å². The van der Waals surface area contributed by atoms with Crippen molar-refractivity contribution in [3.05, 3.63) is 42.4 Å². The van der Waals surface area contributed by atoms with Crippen LogP contribution in [0.3, 0.4) is 0 Å². The second kappa shape index (κ2) is 4.31. The number of pyridine rings is 1. The van der Waals surface area contributed by atoms with Gasteiger partial charge < -0.3 is 4.57 Å². The van der Waals surface area contributed by atoms with Crippen molar-refractivity contribution in [2.45, 2.75) is 13.3 Å². The summed E-state index contributed by atoms with van der Waals surface area (Å²) in [6.07, 6.45) is 4.06. The monoisotopic (exact) mass is 214 g/mol. The summed E-state index contributed by atoms with van der Waals surface area (Å²) in [5.41, 5.74) is 3.19. The van der Waals surface area contributed by atoms with Crippen molar-refractivity contribution in [2.75, 3.05) is 0 Å². The molecule has 0 amide bonds. The molecule has 0 fully saturated rings. The Kier molecular flexibility index (Phi) is 2.86. The predicted molar refractivity (Wildman–Crippen MR) is 63.0 cm³/mol. The molecule has 2 heterocycles. The molecule has 0 spiro atoms. The summed E-state index contributed by atoms with van der Waals surface area (Å²) in [4.78, 5) is 15.2. The molecule has 0 bridgehead atoms. The molecule has 0 aliphatic carbocycles. The minimum atomic E-state index is 0.180. The molecule has 0 unspecified atom stereocenters. The molecular weight excluding hydrogens is 200 g/mol. The van der Waals surface area contributed by atoms with Crippen LogP contribution in [0.15, 0.2) is 36.7 Å². The van der Waals surface area contributed by atoms with E-state index in [1.807, 2.05) is 42.1 Å². The fraction of sp³-hybridized carbons (Fsp3) is 0.231. The Labute approximate surface area is 94.7 Å². The van der Waals surface area contributed by atoms with E-state index in [1.165, 1.54) is 0 Å². The summed E-state index contributed by atoms with van der Waals surface area (Å²) in [5.74, 6) is 0.180. The third-order valence-corrected chi connectivity index (χ3v) is 2.61. The van der Waals surface area contributed by atoms with Gasteiger partial charge in [0.15, 0.2) is 0 Å². The molecule has 0 radical (unpaired) electrons. The number of carbonyl (C=O) groups excluding carboxylic acids is 1. The maximum absolute atomic E-state index is 11.1. The zero-order valence-electron chi connectivity index (χ0n) is 9.47. The van der Waals surface area contributed by atoms with Crippen molar-refractivity contribution in [1.82, 2.24) is 9.55 Å². The topological polar surface area (TPSA) is 34.9 Å². The fourth-order valence-electron chi connectivity index (χ4n) is 1.79. The highest BCUT2D eigenvalue weighted by atomic mass is 16.1. The Hall–Kier alpha value is -1.90. The summed E-state index contributed by atoms with van der Waals surface area (Å²) >= 11 is 0. The lowest BCUT2D eigenvalue weighted by Crippen LogP contribution is -2.03. The van der Waals surface area contributed by atoms with E-state index >= 15 is 0 Å². The zero-order chi connectivity index (χ0) is 11.5. The summed E-state index contributed by atoms with van der Waals surface area (Å²) in [5, 5.41) is 0. The first-order chi connectivity index (χ1) is 7.68. The number of hydrogen-bond donors (Lipinski definition) is 0. The van der Waals surface area contributed by atoms with Crippen molar-refractivity contribution in [3.8, 4) is 11.3 Å². The Morgan fingerprint density at radius 1 is 1.38 bits per heavy atom. The number of aromatic nitrogens is 2. The normalized spacial score (nSPS) is 10.4. The van der Waals surface area contributed by atoms with Crippen LogP contribution in [0.25, 0.3) is 11.3 Å². The van der Waals surface area contributed by atoms with Crippen molar-refractivity contribution in [2.24, 2.45) is 7.05 Å². The van der Waals surface area contributed by atoms with Gasteiger partial charge in [-0.3, -0.25) is 9.78 Å². The summed E-state index contributed by atoms with van der Waals surface area (Å²) in [7, 11) is 1.97. The van der Waals surface area contributed by atoms with E-state index in [-0.39, 0.29) is 5.78 Å². The van der Waals surface area contributed by atoms with Crippen molar-refractivity contribution in [3.63, 3.8) is 0 Å². The van der Waals surface area contributed by atoms with Crippen molar-refractivity contribution < 1.29 is 4.79 Å². The van der Waals surface area contributed by atoms with Gasteiger partial charge in [-0.15, -0.1) is 0 Å². The maximum atomic E-state index is 11.1. The van der Waals surface area contributed by atoms with Crippen molar-refractivity contribution in [1.29, 1.82) is 0 Å². The molecule has 82 valence electrons. The standard InChI is InChI=1S/C13H14N2O/c1-10(16)8-12-5-6-13(15(12)2)11-4-3-7-14-9-11/h3-7,9H,8H2,1-2H3. The van der Waals surface area contributed by atoms with Gasteiger partial charge >= 0.3 is 0 Å². The van der Waals surface area contributed by atoms with Crippen LogP contribution in [0.1, 0.15) is 12.6 Å². The van der Waals surface area contributed by atoms with Crippen LogP contribution >= 0.6 is 0 Å². The summed E-state index contributed by atoms with van der Waals surface area (Å²) < 4.78 is 2.04. The van der Waals surface area contributed by atoms with Gasteiger partial charge in [0.05, 0.1) is 0 Å². The Morgan fingerprint density at radius 3 is 2.81 bits per heavy atom. The van der Waals surface area contributed by atoms with E-state index < -0.39 is 0 Å². The molecule has 0 aromatic carbocycles. The smallest absolute Gasteiger partial charge is 0.135 e. The van der Waals surface area contributed by atoms with Gasteiger partial charge in [0, 0.05) is 42.8 Å². The summed E-state index contributed by atoms with van der Waals surface area (Å²) in [6.45, 7) is 1.61. The Bertz CT molecular complexity index is 500. The number of Topliss-reactive ketones (excluding diaryl/α,β-unsaturated/α-hetero) is 1. The minimum Gasteiger partial charge on any atom is -0.347 e. The van der Waals surface area contributed by atoms with Crippen molar-refractivity contribution >= 4 is 5.78 Å². The van der Waals surface area contributed by atoms with E-state index in [1.54, 1.807) is 13.1 Å². The first-order valence-electron chi connectivity index (χ1n) is 5.23. The van der Waals surface area contributed by atoms with Gasteiger partial charge in [-0.1, -0.05) is 0 Å². The molecule has 0 aliphatic heterocycles. The molecule has 0 N–H and O–H groups in total. The number of carbonyl (C=O) groups is 1. The third kappa shape index (κ3) is 2.03. The van der Waals surface area contributed by atoms with E-state index in [0.29, 0.717) is 6.42 Å². The molecule has 2 rings (SSSR count). The molecular formula is C13H14N2O. The van der Waals surface area contributed by atoms with Gasteiger partial charge in [0.25, 0.3) is 0 Å². The van der Waals surface area contributed by atoms with Crippen LogP contribution in [0, 0.1) is 0 Å². The maximum Gasteiger partial charge on any atom is 0.135 e. The third-order valence-electron chi connectivity index (χ3n) is 2.61. The minimum absolute atomic E-state index is 0.180. The lowest BCUT2D eigenvalue weighted by molar-refractivity contribution is -0.116. The quantitative estimate of drug-likeness (QED) is 0.785. The lowest BCUT2D eigenvalue weighted by Gasteiger charge is -2.06. The number of rotatable bonds is 3. The predicted octanol–water partition coefficient (Wildman–Crippen LogP) is 2.22. The fourth-order valence-corrected chi connectivity index (χ4v) is 1.79. The number of nitrogens with zero attached hydrogens (tertiary/aromatic N) is 2.